The van der Waals surface area contributed by atoms with Gasteiger partial charge >= 0.3 is 0 Å². The lowest BCUT2D eigenvalue weighted by Crippen LogP contribution is -2.41. The van der Waals surface area contributed by atoms with E-state index in [0.29, 0.717) is 29.3 Å². The van der Waals surface area contributed by atoms with E-state index in [2.05, 4.69) is 13.8 Å². The third-order valence-electron chi connectivity index (χ3n) is 4.81. The van der Waals surface area contributed by atoms with Gasteiger partial charge in [-0.2, -0.15) is 0 Å². The molecule has 4 unspecified atom stereocenters. The maximum atomic E-state index is 11.6. The van der Waals surface area contributed by atoms with Crippen LogP contribution in [-0.2, 0) is 9.84 Å². The predicted octanol–water partition coefficient (Wildman–Crippen LogP) is 1.82. The van der Waals surface area contributed by atoms with Gasteiger partial charge < -0.3 is 5.73 Å². The highest BCUT2D eigenvalue weighted by Crippen LogP contribution is 2.40. The molecule has 1 saturated heterocycles. The lowest BCUT2D eigenvalue weighted by Gasteiger charge is -2.38. The van der Waals surface area contributed by atoms with Crippen LogP contribution in [0.25, 0.3) is 0 Å². The van der Waals surface area contributed by atoms with E-state index in [1.54, 1.807) is 0 Å². The van der Waals surface area contributed by atoms with E-state index >= 15 is 0 Å². The highest BCUT2D eigenvalue weighted by atomic mass is 32.2. The number of nitrogens with two attached hydrogens (primary N) is 1. The summed E-state index contributed by atoms with van der Waals surface area (Å²) in [6.07, 6.45) is 4.27. The van der Waals surface area contributed by atoms with E-state index in [9.17, 15) is 8.42 Å². The van der Waals surface area contributed by atoms with Crippen LogP contribution in [0.15, 0.2) is 0 Å². The quantitative estimate of drug-likeness (QED) is 0.823. The molecule has 100 valence electrons. The second-order valence-corrected chi connectivity index (χ2v) is 8.54. The van der Waals surface area contributed by atoms with Crippen molar-refractivity contribution in [2.24, 2.45) is 29.4 Å². The van der Waals surface area contributed by atoms with E-state index in [4.69, 9.17) is 5.73 Å². The summed E-state index contributed by atoms with van der Waals surface area (Å²) in [4.78, 5) is 0. The minimum absolute atomic E-state index is 0.225. The Kier molecular flexibility index (Phi) is 3.83. The van der Waals surface area contributed by atoms with E-state index in [1.807, 2.05) is 0 Å². The fourth-order valence-corrected chi connectivity index (χ4v) is 5.47. The lowest BCUT2D eigenvalue weighted by molar-refractivity contribution is 0.149. The van der Waals surface area contributed by atoms with Gasteiger partial charge in [0.05, 0.1) is 11.5 Å². The Morgan fingerprint density at radius 3 is 2.41 bits per heavy atom. The van der Waals surface area contributed by atoms with E-state index in [-0.39, 0.29) is 6.04 Å². The monoisotopic (exact) mass is 259 g/mol. The smallest absolute Gasteiger partial charge is 0.150 e. The minimum Gasteiger partial charge on any atom is -0.327 e. The summed E-state index contributed by atoms with van der Waals surface area (Å²) < 4.78 is 23.1. The van der Waals surface area contributed by atoms with Crippen LogP contribution in [-0.4, -0.2) is 26.0 Å². The van der Waals surface area contributed by atoms with Crippen molar-refractivity contribution in [3.63, 3.8) is 0 Å². The van der Waals surface area contributed by atoms with Gasteiger partial charge in [-0.1, -0.05) is 13.8 Å². The molecule has 2 aliphatic rings. The molecule has 1 aliphatic carbocycles. The largest absolute Gasteiger partial charge is 0.327 e. The van der Waals surface area contributed by atoms with Crippen LogP contribution in [0.4, 0.5) is 0 Å². The van der Waals surface area contributed by atoms with Crippen molar-refractivity contribution in [1.29, 1.82) is 0 Å². The van der Waals surface area contributed by atoms with Crippen LogP contribution < -0.4 is 5.73 Å². The number of hydrogen-bond donors (Lipinski definition) is 1. The van der Waals surface area contributed by atoms with Crippen LogP contribution >= 0.6 is 0 Å². The molecule has 1 saturated carbocycles. The average Bonchev–Trinajstić information content (AvgIpc) is 2.59. The zero-order valence-corrected chi connectivity index (χ0v) is 11.7. The van der Waals surface area contributed by atoms with Gasteiger partial charge in [0.25, 0.3) is 0 Å². The van der Waals surface area contributed by atoms with E-state index in [0.717, 1.165) is 25.2 Å². The summed E-state index contributed by atoms with van der Waals surface area (Å²) in [6, 6.07) is 0.225. The third-order valence-corrected chi connectivity index (χ3v) is 6.61. The molecule has 2 N–H and O–H groups in total. The molecule has 0 bridgehead atoms. The van der Waals surface area contributed by atoms with Crippen molar-refractivity contribution in [1.82, 2.24) is 0 Å². The van der Waals surface area contributed by atoms with Crippen LogP contribution in [0.2, 0.25) is 0 Å². The van der Waals surface area contributed by atoms with Gasteiger partial charge in [-0.3, -0.25) is 0 Å². The Bertz CT molecular complexity index is 364. The summed E-state index contributed by atoms with van der Waals surface area (Å²) in [6.45, 7) is 4.54. The molecule has 0 spiro atoms. The fraction of sp³-hybridized carbons (Fsp3) is 1.00. The van der Waals surface area contributed by atoms with Gasteiger partial charge in [0, 0.05) is 6.04 Å². The first-order valence-electron chi connectivity index (χ1n) is 6.85. The highest BCUT2D eigenvalue weighted by molar-refractivity contribution is 7.91. The van der Waals surface area contributed by atoms with Crippen LogP contribution in [0.3, 0.4) is 0 Å². The molecule has 1 heterocycles. The maximum absolute atomic E-state index is 11.6. The third kappa shape index (κ3) is 3.02. The summed E-state index contributed by atoms with van der Waals surface area (Å²) in [5, 5.41) is 0. The molecule has 0 aromatic heterocycles. The number of sulfone groups is 1. The Morgan fingerprint density at radius 2 is 1.88 bits per heavy atom. The zero-order valence-electron chi connectivity index (χ0n) is 10.9. The molecule has 4 heteroatoms. The van der Waals surface area contributed by atoms with Gasteiger partial charge in [0.1, 0.15) is 0 Å². The summed E-state index contributed by atoms with van der Waals surface area (Å²) in [5.74, 6) is 2.97. The molecule has 17 heavy (non-hydrogen) atoms. The van der Waals surface area contributed by atoms with Crippen LogP contribution in [0, 0.1) is 23.7 Å². The SMILES string of the molecule is CC(C)C1CCC(N)C(C2CCS(=O)(=O)C2)C1. The first-order valence-corrected chi connectivity index (χ1v) is 8.67. The van der Waals surface area contributed by atoms with E-state index in [1.165, 1.54) is 6.42 Å². The Hall–Kier alpha value is -0.0900. The molecule has 0 aromatic carbocycles. The molecule has 2 rings (SSSR count). The maximum Gasteiger partial charge on any atom is 0.150 e. The van der Waals surface area contributed by atoms with Crippen LogP contribution in [0.5, 0.6) is 0 Å². The second kappa shape index (κ2) is 4.88. The average molecular weight is 259 g/mol. The van der Waals surface area contributed by atoms with Crippen molar-refractivity contribution >= 4 is 9.84 Å². The Balaban J connectivity index is 2.03. The van der Waals surface area contributed by atoms with Gasteiger partial charge in [-0.05, 0) is 49.4 Å². The minimum atomic E-state index is -2.76. The van der Waals surface area contributed by atoms with Crippen molar-refractivity contribution in [3.8, 4) is 0 Å². The summed E-state index contributed by atoms with van der Waals surface area (Å²) in [5.41, 5.74) is 6.21. The standard InChI is InChI=1S/C13H25NO2S/c1-9(2)10-3-4-13(14)12(7-10)11-5-6-17(15,16)8-11/h9-13H,3-8,14H2,1-2H3. The van der Waals surface area contributed by atoms with E-state index < -0.39 is 9.84 Å². The van der Waals surface area contributed by atoms with Crippen LogP contribution in [0.1, 0.15) is 39.5 Å². The van der Waals surface area contributed by atoms with Gasteiger partial charge in [0.2, 0.25) is 0 Å². The zero-order chi connectivity index (χ0) is 12.6. The highest BCUT2D eigenvalue weighted by Gasteiger charge is 2.39. The van der Waals surface area contributed by atoms with Crippen molar-refractivity contribution in [2.75, 3.05) is 11.5 Å². The van der Waals surface area contributed by atoms with Crippen molar-refractivity contribution in [3.05, 3.63) is 0 Å². The Morgan fingerprint density at radius 1 is 1.18 bits per heavy atom. The molecule has 1 aliphatic heterocycles. The second-order valence-electron chi connectivity index (χ2n) is 6.31. The molecule has 4 atom stereocenters. The first-order chi connectivity index (χ1) is 7.89. The van der Waals surface area contributed by atoms with Gasteiger partial charge in [-0.25, -0.2) is 8.42 Å². The molecule has 2 fully saturated rings. The molecular formula is C13H25NO2S. The molecule has 0 radical (unpaired) electrons. The van der Waals surface area contributed by atoms with Gasteiger partial charge in [0.15, 0.2) is 9.84 Å². The van der Waals surface area contributed by atoms with Crippen molar-refractivity contribution < 1.29 is 8.42 Å². The fourth-order valence-electron chi connectivity index (χ4n) is 3.57. The lowest BCUT2D eigenvalue weighted by atomic mass is 9.69. The summed E-state index contributed by atoms with van der Waals surface area (Å²) in [7, 11) is -2.76. The summed E-state index contributed by atoms with van der Waals surface area (Å²) >= 11 is 0. The topological polar surface area (TPSA) is 60.2 Å². The van der Waals surface area contributed by atoms with Gasteiger partial charge in [-0.15, -0.1) is 0 Å². The number of rotatable bonds is 2. The molecular weight excluding hydrogens is 234 g/mol. The molecule has 0 aromatic rings. The predicted molar refractivity (Wildman–Crippen MR) is 70.4 cm³/mol. The number of hydrogen-bond acceptors (Lipinski definition) is 3. The molecule has 0 amide bonds. The first kappa shape index (κ1) is 13.3. The van der Waals surface area contributed by atoms with Crippen molar-refractivity contribution in [2.45, 2.75) is 45.6 Å². The Labute approximate surface area is 105 Å². The molecule has 3 nitrogen and oxygen atoms in total. The normalized spacial score (nSPS) is 41.9.